The molecule has 0 bridgehead atoms. The molecule has 0 saturated carbocycles. The van der Waals surface area contributed by atoms with E-state index in [4.69, 9.17) is 4.74 Å². The summed E-state index contributed by atoms with van der Waals surface area (Å²) in [4.78, 5) is 28.8. The van der Waals surface area contributed by atoms with Crippen molar-refractivity contribution in [2.45, 2.75) is 25.8 Å². The molecule has 1 aromatic heterocycles. The molecule has 0 radical (unpaired) electrons. The monoisotopic (exact) mass is 343 g/mol. The van der Waals surface area contributed by atoms with Crippen molar-refractivity contribution in [1.29, 1.82) is 0 Å². The van der Waals surface area contributed by atoms with Gasteiger partial charge in [-0.25, -0.2) is 4.98 Å². The van der Waals surface area contributed by atoms with Crippen LogP contribution in [0.2, 0.25) is 0 Å². The van der Waals surface area contributed by atoms with Crippen molar-refractivity contribution in [2.24, 2.45) is 5.41 Å². The number of carbonyl (C=O) groups excluding carboxylic acids is 1. The largest absolute Gasteiger partial charge is 0.480 e. The van der Waals surface area contributed by atoms with Crippen molar-refractivity contribution < 1.29 is 19.4 Å². The van der Waals surface area contributed by atoms with Gasteiger partial charge in [0, 0.05) is 31.3 Å². The van der Waals surface area contributed by atoms with Gasteiger partial charge in [0.2, 0.25) is 5.91 Å². The zero-order valence-electron chi connectivity index (χ0n) is 14.0. The summed E-state index contributed by atoms with van der Waals surface area (Å²) in [5.74, 6) is -0.947. The van der Waals surface area contributed by atoms with Gasteiger partial charge in [-0.15, -0.1) is 0 Å². The number of nitrogens with one attached hydrogen (secondary N) is 1. The Morgan fingerprint density at radius 3 is 2.60 bits per heavy atom. The molecule has 1 aromatic carbocycles. The minimum absolute atomic E-state index is 0.175. The second-order valence-corrected chi connectivity index (χ2v) is 6.19. The van der Waals surface area contributed by atoms with E-state index in [0.29, 0.717) is 5.82 Å². The quantitative estimate of drug-likeness (QED) is 0.809. The van der Waals surface area contributed by atoms with E-state index in [1.807, 2.05) is 41.1 Å². The molecule has 2 heterocycles. The maximum Gasteiger partial charge on any atom is 0.319 e. The first kappa shape index (κ1) is 17.2. The van der Waals surface area contributed by atoms with Gasteiger partial charge in [0.25, 0.3) is 0 Å². The van der Waals surface area contributed by atoms with Gasteiger partial charge in [-0.2, -0.15) is 0 Å². The molecule has 0 spiro atoms. The first-order valence-electron chi connectivity index (χ1n) is 8.25. The zero-order valence-corrected chi connectivity index (χ0v) is 14.0. The zero-order chi connectivity index (χ0) is 17.9. The number of carboxylic acids is 1. The number of imidazole rings is 1. The Labute approximate surface area is 145 Å². The average Bonchev–Trinajstić information content (AvgIpc) is 3.12. The smallest absolute Gasteiger partial charge is 0.319 e. The number of nitrogens with zero attached hydrogens (tertiary/aromatic N) is 2. The Hall–Kier alpha value is -2.67. The highest BCUT2D eigenvalue weighted by Crippen LogP contribution is 2.32. The van der Waals surface area contributed by atoms with Gasteiger partial charge in [0.05, 0.1) is 6.04 Å². The lowest BCUT2D eigenvalue weighted by atomic mass is 9.79. The van der Waals surface area contributed by atoms with Crippen LogP contribution in [0.5, 0.6) is 0 Å². The Morgan fingerprint density at radius 1 is 1.28 bits per heavy atom. The van der Waals surface area contributed by atoms with Crippen LogP contribution >= 0.6 is 0 Å². The predicted molar refractivity (Wildman–Crippen MR) is 90.2 cm³/mol. The lowest BCUT2D eigenvalue weighted by molar-refractivity contribution is -0.162. The van der Waals surface area contributed by atoms with Gasteiger partial charge >= 0.3 is 5.97 Å². The minimum Gasteiger partial charge on any atom is -0.480 e. The normalized spacial score (nSPS) is 17.6. The van der Waals surface area contributed by atoms with E-state index in [1.54, 1.807) is 13.1 Å². The molecule has 132 valence electrons. The Balaban J connectivity index is 1.81. The summed E-state index contributed by atoms with van der Waals surface area (Å²) >= 11 is 0. The number of hydrogen-bond donors (Lipinski definition) is 2. The lowest BCUT2D eigenvalue weighted by Gasteiger charge is -2.32. The number of amides is 1. The highest BCUT2D eigenvalue weighted by molar-refractivity contribution is 6.02. The third-order valence-corrected chi connectivity index (χ3v) is 4.63. The number of aromatic nitrogens is 2. The van der Waals surface area contributed by atoms with E-state index in [-0.39, 0.29) is 26.1 Å². The van der Waals surface area contributed by atoms with Crippen LogP contribution in [0.25, 0.3) is 5.69 Å². The van der Waals surface area contributed by atoms with E-state index in [0.717, 1.165) is 5.69 Å². The molecule has 1 aliphatic heterocycles. The standard InChI is InChI=1S/C18H21N3O4/c1-13(15-19-9-10-21(15)14-5-3-2-4-6-14)20-16(22)18(17(23)24)7-11-25-12-8-18/h2-6,9-10,13H,7-8,11-12H2,1H3,(H,20,22)(H,23,24). The molecule has 2 N–H and O–H groups in total. The SMILES string of the molecule is CC(NC(=O)C1(C(=O)O)CCOCC1)c1nccn1-c1ccccc1. The Morgan fingerprint density at radius 2 is 1.96 bits per heavy atom. The molecule has 7 heteroatoms. The van der Waals surface area contributed by atoms with E-state index in [9.17, 15) is 14.7 Å². The molecule has 1 fully saturated rings. The average molecular weight is 343 g/mol. The van der Waals surface area contributed by atoms with Crippen molar-refractivity contribution in [3.05, 3.63) is 48.5 Å². The van der Waals surface area contributed by atoms with E-state index in [2.05, 4.69) is 10.3 Å². The molecule has 2 aromatic rings. The van der Waals surface area contributed by atoms with Crippen LogP contribution in [0.1, 0.15) is 31.6 Å². The van der Waals surface area contributed by atoms with E-state index in [1.165, 1.54) is 0 Å². The van der Waals surface area contributed by atoms with Crippen LogP contribution in [0, 0.1) is 5.41 Å². The third kappa shape index (κ3) is 3.28. The number of benzene rings is 1. The first-order valence-corrected chi connectivity index (χ1v) is 8.25. The summed E-state index contributed by atoms with van der Waals surface area (Å²) < 4.78 is 7.10. The molecule has 3 rings (SSSR count). The number of carboxylic acid groups (broad SMARTS) is 1. The minimum atomic E-state index is -1.43. The first-order chi connectivity index (χ1) is 12.0. The fourth-order valence-corrected chi connectivity index (χ4v) is 3.10. The molecule has 1 amide bonds. The van der Waals surface area contributed by atoms with Gasteiger partial charge in [-0.05, 0) is 31.9 Å². The number of aliphatic carboxylic acids is 1. The molecule has 7 nitrogen and oxygen atoms in total. The van der Waals surface area contributed by atoms with Crippen molar-refractivity contribution in [1.82, 2.24) is 14.9 Å². The third-order valence-electron chi connectivity index (χ3n) is 4.63. The maximum atomic E-state index is 12.7. The number of rotatable bonds is 5. The molecular formula is C18H21N3O4. The van der Waals surface area contributed by atoms with Crippen LogP contribution in [0.4, 0.5) is 0 Å². The maximum absolute atomic E-state index is 12.7. The number of carbonyl (C=O) groups is 2. The van der Waals surface area contributed by atoms with Gasteiger partial charge in [-0.3, -0.25) is 9.59 Å². The highest BCUT2D eigenvalue weighted by atomic mass is 16.5. The van der Waals surface area contributed by atoms with Crippen molar-refractivity contribution in [3.63, 3.8) is 0 Å². The molecular weight excluding hydrogens is 322 g/mol. The fraction of sp³-hybridized carbons (Fsp3) is 0.389. The van der Waals surface area contributed by atoms with Gasteiger partial charge in [0.1, 0.15) is 5.82 Å². The number of para-hydroxylation sites is 1. The summed E-state index contributed by atoms with van der Waals surface area (Å²) in [5, 5.41) is 12.4. The van der Waals surface area contributed by atoms with Gasteiger partial charge in [-0.1, -0.05) is 18.2 Å². The fourth-order valence-electron chi connectivity index (χ4n) is 3.10. The molecule has 0 aliphatic carbocycles. The van der Waals surface area contributed by atoms with Crippen LogP contribution < -0.4 is 5.32 Å². The van der Waals surface area contributed by atoms with Crippen LogP contribution in [0.15, 0.2) is 42.7 Å². The van der Waals surface area contributed by atoms with Crippen LogP contribution in [-0.4, -0.2) is 39.7 Å². The van der Waals surface area contributed by atoms with Crippen molar-refractivity contribution in [2.75, 3.05) is 13.2 Å². The molecule has 1 saturated heterocycles. The number of hydrogen-bond acceptors (Lipinski definition) is 4. The van der Waals surface area contributed by atoms with Crippen molar-refractivity contribution in [3.8, 4) is 5.69 Å². The Bertz CT molecular complexity index is 751. The van der Waals surface area contributed by atoms with E-state index >= 15 is 0 Å². The van der Waals surface area contributed by atoms with Crippen LogP contribution in [-0.2, 0) is 14.3 Å². The summed E-state index contributed by atoms with van der Waals surface area (Å²) in [5.41, 5.74) is -0.508. The topological polar surface area (TPSA) is 93.5 Å². The summed E-state index contributed by atoms with van der Waals surface area (Å²) in [7, 11) is 0. The van der Waals surface area contributed by atoms with E-state index < -0.39 is 23.3 Å². The molecule has 1 aliphatic rings. The molecule has 1 atom stereocenters. The highest BCUT2D eigenvalue weighted by Gasteiger charge is 2.47. The molecule has 25 heavy (non-hydrogen) atoms. The molecule has 1 unspecified atom stereocenters. The summed E-state index contributed by atoms with van der Waals surface area (Å²) in [6, 6.07) is 9.22. The van der Waals surface area contributed by atoms with Gasteiger partial charge < -0.3 is 19.7 Å². The number of ether oxygens (including phenoxy) is 1. The van der Waals surface area contributed by atoms with Gasteiger partial charge in [0.15, 0.2) is 5.41 Å². The predicted octanol–water partition coefficient (Wildman–Crippen LogP) is 1.93. The Kier molecular flexibility index (Phi) is 4.85. The van der Waals surface area contributed by atoms with Crippen molar-refractivity contribution >= 4 is 11.9 Å². The lowest BCUT2D eigenvalue weighted by Crippen LogP contribution is -2.50. The van der Waals surface area contributed by atoms with Crippen LogP contribution in [0.3, 0.4) is 0 Å². The second-order valence-electron chi connectivity index (χ2n) is 6.19. The summed E-state index contributed by atoms with van der Waals surface area (Å²) in [6.45, 7) is 2.34. The second kappa shape index (κ2) is 7.06. The summed E-state index contributed by atoms with van der Waals surface area (Å²) in [6.07, 6.45) is 3.82.